The molecule has 33 heavy (non-hydrogen) atoms. The minimum absolute atomic E-state index is 0.327. The van der Waals surface area contributed by atoms with Crippen LogP contribution in [-0.2, 0) is 0 Å². The first-order chi connectivity index (χ1) is 16.0. The first kappa shape index (κ1) is 21.8. The van der Waals surface area contributed by atoms with Crippen LogP contribution >= 0.6 is 0 Å². The fraction of sp³-hybridized carbons (Fsp3) is 0.120. The van der Waals surface area contributed by atoms with Gasteiger partial charge < -0.3 is 20.7 Å². The number of nitrogens with one attached hydrogen (secondary N) is 1. The molecule has 8 heteroatoms. The van der Waals surface area contributed by atoms with Crippen molar-refractivity contribution in [2.24, 2.45) is 15.9 Å². The molecule has 0 saturated carbocycles. The number of rotatable bonds is 6. The van der Waals surface area contributed by atoms with Crippen molar-refractivity contribution in [3.63, 3.8) is 0 Å². The van der Waals surface area contributed by atoms with E-state index in [-0.39, 0.29) is 0 Å². The number of nitrogens with two attached hydrogens (primary N) is 1. The van der Waals surface area contributed by atoms with E-state index in [9.17, 15) is 0 Å². The molecule has 1 heterocycles. The third kappa shape index (κ3) is 5.43. The average molecular weight is 440 g/mol. The molecule has 8 nitrogen and oxygen atoms in total. The molecule has 0 radical (unpaired) electrons. The van der Waals surface area contributed by atoms with Crippen molar-refractivity contribution in [1.29, 1.82) is 0 Å². The Morgan fingerprint density at radius 3 is 2.61 bits per heavy atom. The summed E-state index contributed by atoms with van der Waals surface area (Å²) < 4.78 is 5.98. The van der Waals surface area contributed by atoms with Crippen LogP contribution < -0.4 is 15.8 Å². The zero-order chi connectivity index (χ0) is 23.2. The van der Waals surface area contributed by atoms with Crippen molar-refractivity contribution >= 4 is 34.6 Å². The van der Waals surface area contributed by atoms with Gasteiger partial charge in [0, 0.05) is 25.2 Å². The number of guanidine groups is 1. The molecule has 3 aromatic carbocycles. The van der Waals surface area contributed by atoms with Crippen LogP contribution in [0.1, 0.15) is 11.1 Å². The van der Waals surface area contributed by atoms with E-state index in [1.807, 2.05) is 87.7 Å². The van der Waals surface area contributed by atoms with E-state index in [0.29, 0.717) is 11.8 Å². The minimum atomic E-state index is 0.327. The molecule has 0 fully saturated rings. The summed E-state index contributed by atoms with van der Waals surface area (Å²) in [6, 6.07) is 21.4. The quantitative estimate of drug-likeness (QED) is 0.257. The molecule has 0 saturated heterocycles. The highest BCUT2D eigenvalue weighted by Gasteiger charge is 2.08. The topological polar surface area (TPSA) is 101 Å². The predicted octanol–water partition coefficient (Wildman–Crippen LogP) is 4.68. The van der Waals surface area contributed by atoms with Gasteiger partial charge in [0.05, 0.1) is 11.7 Å². The fourth-order valence-corrected chi connectivity index (χ4v) is 3.09. The van der Waals surface area contributed by atoms with Crippen LogP contribution in [-0.4, -0.2) is 41.1 Å². The third-order valence-electron chi connectivity index (χ3n) is 4.89. The number of aryl methyl sites for hydroxylation is 1. The van der Waals surface area contributed by atoms with Crippen molar-refractivity contribution in [1.82, 2.24) is 14.9 Å². The van der Waals surface area contributed by atoms with Crippen LogP contribution in [0.5, 0.6) is 11.5 Å². The minimum Gasteiger partial charge on any atom is -0.457 e. The van der Waals surface area contributed by atoms with Gasteiger partial charge in [0.2, 0.25) is 5.96 Å². The Hall–Kier alpha value is -4.46. The van der Waals surface area contributed by atoms with Gasteiger partial charge in [-0.1, -0.05) is 24.3 Å². The monoisotopic (exact) mass is 439 g/mol. The lowest BCUT2D eigenvalue weighted by Crippen LogP contribution is -2.29. The van der Waals surface area contributed by atoms with Crippen molar-refractivity contribution in [3.05, 3.63) is 84.2 Å². The SMILES string of the molecule is Cc1cc(Nc2ncnc3ccc(/C=N/N=C(\N)N(C)C)cc23)ccc1Oc1ccccc1. The summed E-state index contributed by atoms with van der Waals surface area (Å²) in [4.78, 5) is 10.5. The molecular formula is C25H25N7O. The predicted molar refractivity (Wildman–Crippen MR) is 133 cm³/mol. The lowest BCUT2D eigenvalue weighted by atomic mass is 10.1. The van der Waals surface area contributed by atoms with Crippen molar-refractivity contribution in [2.45, 2.75) is 6.92 Å². The average Bonchev–Trinajstić information content (AvgIpc) is 2.82. The van der Waals surface area contributed by atoms with E-state index in [1.54, 1.807) is 17.4 Å². The van der Waals surface area contributed by atoms with E-state index in [4.69, 9.17) is 10.5 Å². The van der Waals surface area contributed by atoms with Crippen LogP contribution in [0.25, 0.3) is 10.9 Å². The molecule has 0 aliphatic heterocycles. The Bertz CT molecular complexity index is 1320. The first-order valence-electron chi connectivity index (χ1n) is 10.4. The van der Waals surface area contributed by atoms with Gasteiger partial charge in [0.15, 0.2) is 0 Å². The first-order valence-corrected chi connectivity index (χ1v) is 10.4. The normalized spacial score (nSPS) is 11.7. The van der Waals surface area contributed by atoms with Crippen molar-refractivity contribution < 1.29 is 4.74 Å². The number of nitrogens with zero attached hydrogens (tertiary/aromatic N) is 5. The zero-order valence-corrected chi connectivity index (χ0v) is 18.7. The van der Waals surface area contributed by atoms with Gasteiger partial charge in [-0.2, -0.15) is 5.10 Å². The van der Waals surface area contributed by atoms with Crippen LogP contribution in [0, 0.1) is 6.92 Å². The van der Waals surface area contributed by atoms with Crippen LogP contribution in [0.4, 0.5) is 11.5 Å². The molecule has 4 aromatic rings. The van der Waals surface area contributed by atoms with Crippen LogP contribution in [0.2, 0.25) is 0 Å². The van der Waals surface area contributed by atoms with Gasteiger partial charge in [-0.25, -0.2) is 9.97 Å². The maximum Gasteiger partial charge on any atom is 0.215 e. The van der Waals surface area contributed by atoms with Gasteiger partial charge in [0.25, 0.3) is 0 Å². The molecule has 0 unspecified atom stereocenters. The second-order valence-electron chi connectivity index (χ2n) is 7.62. The number of aromatic nitrogens is 2. The maximum atomic E-state index is 5.98. The number of ether oxygens (including phenoxy) is 1. The molecule has 1 aromatic heterocycles. The number of hydrogen-bond acceptors (Lipinski definition) is 6. The summed E-state index contributed by atoms with van der Waals surface area (Å²) >= 11 is 0. The summed E-state index contributed by atoms with van der Waals surface area (Å²) in [6.07, 6.45) is 3.19. The highest BCUT2D eigenvalue weighted by atomic mass is 16.5. The molecule has 0 spiro atoms. The summed E-state index contributed by atoms with van der Waals surface area (Å²) in [5.74, 6) is 2.62. The van der Waals surface area contributed by atoms with Gasteiger partial charge >= 0.3 is 0 Å². The molecule has 0 aliphatic rings. The van der Waals surface area contributed by atoms with Crippen LogP contribution in [0.3, 0.4) is 0 Å². The van der Waals surface area contributed by atoms with Gasteiger partial charge in [-0.15, -0.1) is 5.10 Å². The van der Waals surface area contributed by atoms with Gasteiger partial charge in [-0.3, -0.25) is 0 Å². The van der Waals surface area contributed by atoms with E-state index in [2.05, 4.69) is 25.5 Å². The summed E-state index contributed by atoms with van der Waals surface area (Å²) in [6.45, 7) is 2.01. The zero-order valence-electron chi connectivity index (χ0n) is 18.7. The molecule has 0 amide bonds. The number of anilines is 2. The Balaban J connectivity index is 1.57. The molecule has 0 aliphatic carbocycles. The maximum absolute atomic E-state index is 5.98. The highest BCUT2D eigenvalue weighted by Crippen LogP contribution is 2.29. The second kappa shape index (κ2) is 9.78. The van der Waals surface area contributed by atoms with Gasteiger partial charge in [0.1, 0.15) is 23.6 Å². The standard InChI is InChI=1S/C25H25N7O/c1-17-13-19(10-12-23(17)33-20-7-5-4-6-8-20)30-24-21-14-18(9-11-22(21)27-16-28-24)15-29-31-25(26)32(2)3/h4-16H,1-3H3,(H2,26,31)(H,27,28,30)/b29-15+. The molecule has 0 atom stereocenters. The molecular weight excluding hydrogens is 414 g/mol. The Kier molecular flexibility index (Phi) is 6.45. The number of fused-ring (bicyclic) bond motifs is 1. The largest absolute Gasteiger partial charge is 0.457 e. The Morgan fingerprint density at radius 1 is 1.03 bits per heavy atom. The third-order valence-corrected chi connectivity index (χ3v) is 4.89. The molecule has 3 N–H and O–H groups in total. The molecule has 4 rings (SSSR count). The lowest BCUT2D eigenvalue weighted by molar-refractivity contribution is 0.479. The molecule has 166 valence electrons. The summed E-state index contributed by atoms with van der Waals surface area (Å²) in [5.41, 5.74) is 9.36. The fourth-order valence-electron chi connectivity index (χ4n) is 3.09. The van der Waals surface area contributed by atoms with E-state index in [0.717, 1.165) is 39.2 Å². The van der Waals surface area contributed by atoms with Gasteiger partial charge in [-0.05, 0) is 60.5 Å². The van der Waals surface area contributed by atoms with E-state index in [1.165, 1.54) is 0 Å². The second-order valence-corrected chi connectivity index (χ2v) is 7.62. The highest BCUT2D eigenvalue weighted by molar-refractivity contribution is 5.95. The van der Waals surface area contributed by atoms with Crippen LogP contribution in [0.15, 0.2) is 83.3 Å². The number of para-hydroxylation sites is 1. The van der Waals surface area contributed by atoms with Crippen molar-refractivity contribution in [2.75, 3.05) is 19.4 Å². The van der Waals surface area contributed by atoms with Crippen molar-refractivity contribution in [3.8, 4) is 11.5 Å². The lowest BCUT2D eigenvalue weighted by Gasteiger charge is -2.12. The Morgan fingerprint density at radius 2 is 1.85 bits per heavy atom. The smallest absolute Gasteiger partial charge is 0.215 e. The summed E-state index contributed by atoms with van der Waals surface area (Å²) in [7, 11) is 3.61. The number of hydrogen-bond donors (Lipinski definition) is 2. The summed E-state index contributed by atoms with van der Waals surface area (Å²) in [5, 5.41) is 12.3. The number of benzene rings is 3. The van der Waals surface area contributed by atoms with E-state index < -0.39 is 0 Å². The molecule has 0 bridgehead atoms. The van der Waals surface area contributed by atoms with E-state index >= 15 is 0 Å². The Labute approximate surface area is 192 Å².